The monoisotopic (exact) mass is 303 g/mol. The fourth-order valence-electron chi connectivity index (χ4n) is 2.52. The summed E-state index contributed by atoms with van der Waals surface area (Å²) in [5, 5.41) is 18.3. The molecular weight excluding hydrogens is 285 g/mol. The molecule has 0 unspecified atom stereocenters. The second kappa shape index (κ2) is 5.40. The number of nitrogens with one attached hydrogen (secondary N) is 1. The van der Waals surface area contributed by atoms with Crippen LogP contribution in [0.5, 0.6) is 0 Å². The van der Waals surface area contributed by atoms with E-state index in [9.17, 15) is 12.8 Å². The molecule has 2 rings (SSSR count). The van der Waals surface area contributed by atoms with Crippen LogP contribution in [0.3, 0.4) is 0 Å². The minimum Gasteiger partial charge on any atom is -0.396 e. The van der Waals surface area contributed by atoms with E-state index in [1.165, 1.54) is 12.1 Å². The van der Waals surface area contributed by atoms with Crippen LogP contribution in [0.4, 0.5) is 4.39 Å². The number of aliphatic hydroxyl groups excluding tert-OH is 2. The van der Waals surface area contributed by atoms with Crippen molar-refractivity contribution in [2.24, 2.45) is 5.41 Å². The zero-order valence-corrected chi connectivity index (χ0v) is 12.0. The Balaban J connectivity index is 2.10. The van der Waals surface area contributed by atoms with Crippen molar-refractivity contribution in [1.29, 1.82) is 0 Å². The first-order valence-corrected chi connectivity index (χ1v) is 7.80. The molecule has 1 aliphatic rings. The van der Waals surface area contributed by atoms with Crippen molar-refractivity contribution in [3.63, 3.8) is 0 Å². The summed E-state index contributed by atoms with van der Waals surface area (Å²) in [6, 6.07) is 3.28. The van der Waals surface area contributed by atoms with Crippen LogP contribution in [0.1, 0.15) is 18.4 Å². The van der Waals surface area contributed by atoms with Crippen molar-refractivity contribution in [3.05, 3.63) is 29.6 Å². The summed E-state index contributed by atoms with van der Waals surface area (Å²) < 4.78 is 40.0. The Hall–Kier alpha value is -1.02. The van der Waals surface area contributed by atoms with Gasteiger partial charge < -0.3 is 10.2 Å². The highest BCUT2D eigenvalue weighted by molar-refractivity contribution is 7.89. The Labute approximate surface area is 117 Å². The van der Waals surface area contributed by atoms with Gasteiger partial charge in [0.2, 0.25) is 10.0 Å². The third kappa shape index (κ3) is 3.01. The molecule has 1 aromatic carbocycles. The van der Waals surface area contributed by atoms with Crippen LogP contribution in [0.15, 0.2) is 23.1 Å². The third-order valence-corrected chi connectivity index (χ3v) is 5.18. The predicted octanol–water partition coefficient (Wildman–Crippen LogP) is 0.546. The molecule has 0 aromatic heterocycles. The third-order valence-electron chi connectivity index (χ3n) is 3.68. The maximum atomic E-state index is 13.3. The zero-order chi connectivity index (χ0) is 15.0. The fraction of sp³-hybridized carbons (Fsp3) is 0.538. The molecular formula is C13H18FNO4S. The number of hydrogen-bond donors (Lipinski definition) is 3. The summed E-state index contributed by atoms with van der Waals surface area (Å²) in [5.74, 6) is -0.598. The molecule has 1 aromatic rings. The van der Waals surface area contributed by atoms with E-state index < -0.39 is 21.3 Å². The maximum Gasteiger partial charge on any atom is 0.240 e. The summed E-state index contributed by atoms with van der Waals surface area (Å²) in [4.78, 5) is -0.111. The minimum absolute atomic E-state index is 0.111. The molecule has 5 nitrogen and oxygen atoms in total. The van der Waals surface area contributed by atoms with Crippen molar-refractivity contribution in [2.75, 3.05) is 13.2 Å². The summed E-state index contributed by atoms with van der Waals surface area (Å²) in [6.07, 6.45) is 0.737. The van der Waals surface area contributed by atoms with Crippen molar-refractivity contribution in [3.8, 4) is 0 Å². The van der Waals surface area contributed by atoms with Crippen LogP contribution in [-0.4, -0.2) is 37.9 Å². The second-order valence-corrected chi connectivity index (χ2v) is 7.22. The number of halogens is 1. The van der Waals surface area contributed by atoms with Crippen LogP contribution in [0, 0.1) is 18.2 Å². The standard InChI is InChI=1S/C13H18FNO4S/c1-9-2-10(14)4-12(3-9)20(18,19)15-11-5-13(6-11,7-16)8-17/h2-4,11,15-17H,5-8H2,1H3. The Bertz CT molecular complexity index is 570. The highest BCUT2D eigenvalue weighted by Crippen LogP contribution is 2.40. The average Bonchev–Trinajstić information content (AvgIpc) is 2.32. The Morgan fingerprint density at radius 3 is 2.40 bits per heavy atom. The van der Waals surface area contributed by atoms with E-state index in [-0.39, 0.29) is 24.2 Å². The SMILES string of the molecule is Cc1cc(F)cc(S(=O)(=O)NC2CC(CO)(CO)C2)c1. The van der Waals surface area contributed by atoms with E-state index >= 15 is 0 Å². The van der Waals surface area contributed by atoms with E-state index in [0.717, 1.165) is 6.07 Å². The highest BCUT2D eigenvalue weighted by Gasteiger charge is 2.44. The first-order valence-electron chi connectivity index (χ1n) is 6.31. The van der Waals surface area contributed by atoms with Gasteiger partial charge in [0.1, 0.15) is 5.82 Å². The van der Waals surface area contributed by atoms with Gasteiger partial charge in [0.05, 0.1) is 18.1 Å². The molecule has 1 fully saturated rings. The second-order valence-electron chi connectivity index (χ2n) is 5.51. The van der Waals surface area contributed by atoms with Gasteiger partial charge >= 0.3 is 0 Å². The Morgan fingerprint density at radius 2 is 1.90 bits per heavy atom. The summed E-state index contributed by atoms with van der Waals surface area (Å²) in [5.41, 5.74) is -0.0792. The molecule has 0 heterocycles. The van der Waals surface area contributed by atoms with Gasteiger partial charge in [-0.05, 0) is 43.5 Å². The molecule has 1 saturated carbocycles. The molecule has 0 radical (unpaired) electrons. The average molecular weight is 303 g/mol. The largest absolute Gasteiger partial charge is 0.396 e. The lowest BCUT2D eigenvalue weighted by Crippen LogP contribution is -2.54. The summed E-state index contributed by atoms with van der Waals surface area (Å²) in [6.45, 7) is 1.26. The molecule has 0 aliphatic heterocycles. The van der Waals surface area contributed by atoms with Crippen molar-refractivity contribution >= 4 is 10.0 Å². The quantitative estimate of drug-likeness (QED) is 0.741. The van der Waals surface area contributed by atoms with Gasteiger partial charge in [-0.3, -0.25) is 0 Å². The van der Waals surface area contributed by atoms with Gasteiger partial charge in [-0.15, -0.1) is 0 Å². The van der Waals surface area contributed by atoms with Crippen molar-refractivity contribution in [1.82, 2.24) is 4.72 Å². The molecule has 0 spiro atoms. The first kappa shape index (κ1) is 15.4. The van der Waals surface area contributed by atoms with Crippen LogP contribution < -0.4 is 4.72 Å². The van der Waals surface area contributed by atoms with Crippen LogP contribution in [0.25, 0.3) is 0 Å². The van der Waals surface area contributed by atoms with Crippen LogP contribution in [-0.2, 0) is 10.0 Å². The predicted molar refractivity (Wildman–Crippen MR) is 71.1 cm³/mol. The summed E-state index contributed by atoms with van der Waals surface area (Å²) in [7, 11) is -3.79. The Kier molecular flexibility index (Phi) is 4.15. The maximum absolute atomic E-state index is 13.3. The molecule has 1 aliphatic carbocycles. The molecule has 0 saturated heterocycles. The van der Waals surface area contributed by atoms with Gasteiger partial charge in [0.15, 0.2) is 0 Å². The van der Waals surface area contributed by atoms with E-state index in [1.807, 2.05) is 0 Å². The van der Waals surface area contributed by atoms with E-state index in [1.54, 1.807) is 6.92 Å². The molecule has 0 atom stereocenters. The van der Waals surface area contributed by atoms with Crippen LogP contribution in [0.2, 0.25) is 0 Å². The van der Waals surface area contributed by atoms with E-state index in [2.05, 4.69) is 4.72 Å². The smallest absolute Gasteiger partial charge is 0.240 e. The van der Waals surface area contributed by atoms with Gasteiger partial charge in [-0.2, -0.15) is 0 Å². The lowest BCUT2D eigenvalue weighted by atomic mass is 9.67. The lowest BCUT2D eigenvalue weighted by Gasteiger charge is -2.45. The Morgan fingerprint density at radius 1 is 1.30 bits per heavy atom. The van der Waals surface area contributed by atoms with E-state index in [0.29, 0.717) is 18.4 Å². The van der Waals surface area contributed by atoms with Crippen molar-refractivity contribution in [2.45, 2.75) is 30.7 Å². The molecule has 0 amide bonds. The molecule has 112 valence electrons. The molecule has 20 heavy (non-hydrogen) atoms. The first-order chi connectivity index (χ1) is 9.30. The lowest BCUT2D eigenvalue weighted by molar-refractivity contribution is -0.0261. The fourth-order valence-corrected chi connectivity index (χ4v) is 3.87. The number of hydrogen-bond acceptors (Lipinski definition) is 4. The number of sulfonamides is 1. The van der Waals surface area contributed by atoms with Gasteiger partial charge in [0, 0.05) is 11.5 Å². The molecule has 0 bridgehead atoms. The van der Waals surface area contributed by atoms with Crippen molar-refractivity contribution < 1.29 is 23.0 Å². The number of aliphatic hydroxyl groups is 2. The number of rotatable bonds is 5. The normalized spacial score (nSPS) is 18.8. The molecule has 7 heteroatoms. The number of aryl methyl sites for hydroxylation is 1. The van der Waals surface area contributed by atoms with E-state index in [4.69, 9.17) is 10.2 Å². The summed E-state index contributed by atoms with van der Waals surface area (Å²) >= 11 is 0. The minimum atomic E-state index is -3.79. The van der Waals surface area contributed by atoms with Crippen LogP contribution >= 0.6 is 0 Å². The molecule has 3 N–H and O–H groups in total. The number of benzene rings is 1. The van der Waals surface area contributed by atoms with Gasteiger partial charge in [0.25, 0.3) is 0 Å². The van der Waals surface area contributed by atoms with Gasteiger partial charge in [-0.1, -0.05) is 0 Å². The highest BCUT2D eigenvalue weighted by atomic mass is 32.2. The van der Waals surface area contributed by atoms with Gasteiger partial charge in [-0.25, -0.2) is 17.5 Å². The zero-order valence-electron chi connectivity index (χ0n) is 11.1. The topological polar surface area (TPSA) is 86.6 Å².